The van der Waals surface area contributed by atoms with E-state index in [1.807, 2.05) is 0 Å². The molecule has 1 heterocycles. The third-order valence-electron chi connectivity index (χ3n) is 3.47. The first kappa shape index (κ1) is 12.8. The van der Waals surface area contributed by atoms with Gasteiger partial charge in [0.05, 0.1) is 5.56 Å². The molecule has 5 heteroatoms. The molecule has 1 aliphatic rings. The zero-order valence-corrected chi connectivity index (χ0v) is 10.2. The fourth-order valence-electron chi connectivity index (χ4n) is 2.27. The number of anilines is 1. The Balaban J connectivity index is 2.22. The molecular weight excluding hydrogens is 238 g/mol. The second-order valence-corrected chi connectivity index (χ2v) is 4.67. The number of rotatable bonds is 2. The quantitative estimate of drug-likeness (QED) is 0.824. The van der Waals surface area contributed by atoms with Crippen LogP contribution in [0.1, 0.15) is 30.1 Å². The molecule has 3 nitrogen and oxygen atoms in total. The number of carbonyl (C=O) groups excluding carboxylic acids is 1. The van der Waals surface area contributed by atoms with Gasteiger partial charge in [0.1, 0.15) is 0 Å². The van der Waals surface area contributed by atoms with Gasteiger partial charge in [0.2, 0.25) is 0 Å². The minimum Gasteiger partial charge on any atom is -0.398 e. The van der Waals surface area contributed by atoms with Crippen LogP contribution in [0.25, 0.3) is 0 Å². The summed E-state index contributed by atoms with van der Waals surface area (Å²) in [5, 5.41) is 0. The maximum atomic E-state index is 13.1. The summed E-state index contributed by atoms with van der Waals surface area (Å²) in [7, 11) is 0. The minimum absolute atomic E-state index is 0.0150. The number of benzene rings is 1. The molecule has 1 atom stereocenters. The number of hydrogen-bond acceptors (Lipinski definition) is 2. The zero-order valence-electron chi connectivity index (χ0n) is 10.2. The highest BCUT2D eigenvalue weighted by atomic mass is 19.2. The first-order valence-electron chi connectivity index (χ1n) is 6.06. The number of nitrogens with two attached hydrogens (primary N) is 1. The summed E-state index contributed by atoms with van der Waals surface area (Å²) in [5.74, 6) is -1.90. The average molecular weight is 254 g/mol. The van der Waals surface area contributed by atoms with Crippen LogP contribution in [0, 0.1) is 17.6 Å². The van der Waals surface area contributed by atoms with E-state index in [9.17, 15) is 13.6 Å². The van der Waals surface area contributed by atoms with Crippen molar-refractivity contribution in [2.75, 3.05) is 18.8 Å². The molecule has 2 rings (SSSR count). The van der Waals surface area contributed by atoms with Crippen LogP contribution in [0.3, 0.4) is 0 Å². The van der Waals surface area contributed by atoms with E-state index in [-0.39, 0.29) is 17.2 Å². The summed E-state index contributed by atoms with van der Waals surface area (Å²) >= 11 is 0. The number of nitrogens with zero attached hydrogens (tertiary/aromatic N) is 1. The van der Waals surface area contributed by atoms with Gasteiger partial charge < -0.3 is 10.6 Å². The summed E-state index contributed by atoms with van der Waals surface area (Å²) in [6.45, 7) is 3.38. The molecular formula is C13H16F2N2O. The normalized spacial score (nSPS) is 19.3. The van der Waals surface area contributed by atoms with Crippen molar-refractivity contribution in [1.82, 2.24) is 4.90 Å². The Labute approximate surface area is 105 Å². The van der Waals surface area contributed by atoms with E-state index < -0.39 is 11.6 Å². The van der Waals surface area contributed by atoms with Crippen molar-refractivity contribution in [2.45, 2.75) is 19.8 Å². The lowest BCUT2D eigenvalue weighted by molar-refractivity contribution is 0.0787. The Bertz CT molecular complexity index is 476. The molecule has 0 saturated carbocycles. The van der Waals surface area contributed by atoms with Crippen molar-refractivity contribution >= 4 is 11.6 Å². The first-order chi connectivity index (χ1) is 8.52. The van der Waals surface area contributed by atoms with E-state index in [1.54, 1.807) is 4.90 Å². The van der Waals surface area contributed by atoms with Crippen molar-refractivity contribution in [1.29, 1.82) is 0 Å². The van der Waals surface area contributed by atoms with Crippen LogP contribution < -0.4 is 5.73 Å². The maximum absolute atomic E-state index is 13.1. The summed E-state index contributed by atoms with van der Waals surface area (Å²) in [5.41, 5.74) is 5.60. The molecule has 1 unspecified atom stereocenters. The van der Waals surface area contributed by atoms with Crippen LogP contribution in [-0.4, -0.2) is 23.9 Å². The Morgan fingerprint density at radius 3 is 2.72 bits per heavy atom. The number of amides is 1. The second kappa shape index (κ2) is 4.92. The van der Waals surface area contributed by atoms with Crippen molar-refractivity contribution in [2.24, 2.45) is 5.92 Å². The van der Waals surface area contributed by atoms with E-state index in [0.29, 0.717) is 19.0 Å². The first-order valence-corrected chi connectivity index (χ1v) is 6.06. The molecule has 98 valence electrons. The van der Waals surface area contributed by atoms with Gasteiger partial charge in [-0.15, -0.1) is 0 Å². The maximum Gasteiger partial charge on any atom is 0.256 e. The number of carbonyl (C=O) groups is 1. The largest absolute Gasteiger partial charge is 0.398 e. The summed E-state index contributed by atoms with van der Waals surface area (Å²) in [6.07, 6.45) is 1.96. The molecule has 1 aliphatic heterocycles. The molecule has 1 fully saturated rings. The fourth-order valence-corrected chi connectivity index (χ4v) is 2.27. The third-order valence-corrected chi connectivity index (χ3v) is 3.47. The van der Waals surface area contributed by atoms with Gasteiger partial charge in [0.15, 0.2) is 11.6 Å². The van der Waals surface area contributed by atoms with Gasteiger partial charge in [-0.05, 0) is 18.4 Å². The van der Waals surface area contributed by atoms with Gasteiger partial charge in [-0.3, -0.25) is 4.79 Å². The molecule has 2 N–H and O–H groups in total. The van der Waals surface area contributed by atoms with Gasteiger partial charge in [0.25, 0.3) is 5.91 Å². The molecule has 1 amide bonds. The molecule has 0 aromatic heterocycles. The summed E-state index contributed by atoms with van der Waals surface area (Å²) in [6, 6.07) is 1.74. The van der Waals surface area contributed by atoms with Gasteiger partial charge in [-0.25, -0.2) is 8.78 Å². The van der Waals surface area contributed by atoms with Crippen molar-refractivity contribution < 1.29 is 13.6 Å². The molecule has 0 bridgehead atoms. The topological polar surface area (TPSA) is 46.3 Å². The number of nitrogen functional groups attached to an aromatic ring is 1. The molecule has 1 saturated heterocycles. The molecule has 18 heavy (non-hydrogen) atoms. The summed E-state index contributed by atoms with van der Waals surface area (Å²) < 4.78 is 26.1. The van der Waals surface area contributed by atoms with Crippen LogP contribution in [0.4, 0.5) is 14.5 Å². The van der Waals surface area contributed by atoms with E-state index in [4.69, 9.17) is 5.73 Å². The molecule has 1 aromatic rings. The van der Waals surface area contributed by atoms with Gasteiger partial charge in [-0.1, -0.05) is 13.3 Å². The Morgan fingerprint density at radius 2 is 2.11 bits per heavy atom. The predicted molar refractivity (Wildman–Crippen MR) is 65.1 cm³/mol. The van der Waals surface area contributed by atoms with E-state index >= 15 is 0 Å². The average Bonchev–Trinajstić information content (AvgIpc) is 2.81. The van der Waals surface area contributed by atoms with Gasteiger partial charge in [0, 0.05) is 24.8 Å². The van der Waals surface area contributed by atoms with Crippen LogP contribution in [0.5, 0.6) is 0 Å². The Kier molecular flexibility index (Phi) is 3.50. The van der Waals surface area contributed by atoms with E-state index in [0.717, 1.165) is 25.0 Å². The molecule has 0 spiro atoms. The second-order valence-electron chi connectivity index (χ2n) is 4.67. The predicted octanol–water partition coefficient (Wildman–Crippen LogP) is 2.42. The minimum atomic E-state index is -1.04. The third kappa shape index (κ3) is 2.30. The van der Waals surface area contributed by atoms with Gasteiger partial charge >= 0.3 is 0 Å². The Hall–Kier alpha value is -1.65. The fraction of sp³-hybridized carbons (Fsp3) is 0.462. The van der Waals surface area contributed by atoms with E-state index in [2.05, 4.69) is 6.92 Å². The number of hydrogen-bond donors (Lipinski definition) is 1. The smallest absolute Gasteiger partial charge is 0.256 e. The van der Waals surface area contributed by atoms with Crippen molar-refractivity contribution in [3.05, 3.63) is 29.3 Å². The van der Waals surface area contributed by atoms with Crippen molar-refractivity contribution in [3.63, 3.8) is 0 Å². The van der Waals surface area contributed by atoms with Crippen molar-refractivity contribution in [3.8, 4) is 0 Å². The SMILES string of the molecule is CCC1CCN(C(=O)c2cc(F)c(F)cc2N)C1. The molecule has 0 radical (unpaired) electrons. The zero-order chi connectivity index (χ0) is 13.3. The van der Waals surface area contributed by atoms with Crippen LogP contribution >= 0.6 is 0 Å². The van der Waals surface area contributed by atoms with E-state index in [1.165, 1.54) is 0 Å². The van der Waals surface area contributed by atoms with Gasteiger partial charge in [-0.2, -0.15) is 0 Å². The Morgan fingerprint density at radius 1 is 1.44 bits per heavy atom. The standard InChI is InChI=1S/C13H16F2N2O/c1-2-8-3-4-17(7-8)13(18)9-5-10(14)11(15)6-12(9)16/h5-6,8H,2-4,7,16H2,1H3. The molecule has 0 aliphatic carbocycles. The highest BCUT2D eigenvalue weighted by Gasteiger charge is 2.27. The van der Waals surface area contributed by atoms with Crippen LogP contribution in [0.15, 0.2) is 12.1 Å². The number of likely N-dealkylation sites (tertiary alicyclic amines) is 1. The highest BCUT2D eigenvalue weighted by Crippen LogP contribution is 2.24. The lowest BCUT2D eigenvalue weighted by Crippen LogP contribution is -2.29. The van der Waals surface area contributed by atoms with Crippen LogP contribution in [-0.2, 0) is 0 Å². The van der Waals surface area contributed by atoms with Crippen LogP contribution in [0.2, 0.25) is 0 Å². The lowest BCUT2D eigenvalue weighted by Gasteiger charge is -2.17. The summed E-state index contributed by atoms with van der Waals surface area (Å²) in [4.78, 5) is 13.8. The highest BCUT2D eigenvalue weighted by molar-refractivity contribution is 5.99. The number of halogens is 2. The monoisotopic (exact) mass is 254 g/mol. The molecule has 1 aromatic carbocycles. The lowest BCUT2D eigenvalue weighted by atomic mass is 10.1.